The molecule has 6 heteroatoms. The topological polar surface area (TPSA) is 61.9 Å². The first-order chi connectivity index (χ1) is 10.2. The summed E-state index contributed by atoms with van der Waals surface area (Å²) in [6.45, 7) is 6.63. The molecule has 0 bridgehead atoms. The van der Waals surface area contributed by atoms with Crippen molar-refractivity contribution < 1.29 is 14.3 Å². The molecule has 0 unspecified atom stereocenters. The number of hydrogen-bond donors (Lipinski definition) is 1. The van der Waals surface area contributed by atoms with Crippen molar-refractivity contribution in [3.05, 3.63) is 0 Å². The molecule has 1 N–H and O–H groups in total. The predicted octanol–water partition coefficient (Wildman–Crippen LogP) is 0.226. The highest BCUT2D eigenvalue weighted by molar-refractivity contribution is 5.84. The minimum Gasteiger partial charge on any atom is -0.379 e. The molecule has 0 radical (unpaired) electrons. The van der Waals surface area contributed by atoms with Crippen LogP contribution in [0.2, 0.25) is 0 Å². The fraction of sp³-hybridized carbons (Fsp3) is 0.867. The van der Waals surface area contributed by atoms with E-state index in [1.165, 1.54) is 0 Å². The van der Waals surface area contributed by atoms with E-state index in [0.717, 1.165) is 58.5 Å². The molecule has 2 fully saturated rings. The van der Waals surface area contributed by atoms with Crippen molar-refractivity contribution >= 4 is 11.8 Å². The van der Waals surface area contributed by atoms with Crippen LogP contribution in [-0.4, -0.2) is 73.6 Å². The van der Waals surface area contributed by atoms with Crippen molar-refractivity contribution in [3.63, 3.8) is 0 Å². The number of nitrogens with one attached hydrogen (secondary N) is 1. The second-order valence-corrected chi connectivity index (χ2v) is 5.89. The summed E-state index contributed by atoms with van der Waals surface area (Å²) in [7, 11) is 0. The van der Waals surface area contributed by atoms with Gasteiger partial charge in [-0.25, -0.2) is 0 Å². The maximum absolute atomic E-state index is 12.0. The van der Waals surface area contributed by atoms with Crippen molar-refractivity contribution in [1.29, 1.82) is 0 Å². The van der Waals surface area contributed by atoms with Crippen LogP contribution < -0.4 is 5.32 Å². The van der Waals surface area contributed by atoms with Gasteiger partial charge in [-0.1, -0.05) is 12.8 Å². The van der Waals surface area contributed by atoms with Crippen LogP contribution in [0.3, 0.4) is 0 Å². The van der Waals surface area contributed by atoms with Gasteiger partial charge in [0.05, 0.1) is 19.8 Å². The lowest BCUT2D eigenvalue weighted by molar-refractivity contribution is -0.136. The molecule has 1 saturated heterocycles. The SMILES string of the molecule is CC(=O)N(CC(=O)NCCN1CCOCC1)C1CCCC1. The Morgan fingerprint density at radius 2 is 1.90 bits per heavy atom. The lowest BCUT2D eigenvalue weighted by Gasteiger charge is -2.28. The first kappa shape index (κ1) is 16.2. The van der Waals surface area contributed by atoms with E-state index in [1.54, 1.807) is 11.8 Å². The maximum atomic E-state index is 12.0. The second kappa shape index (κ2) is 8.34. The fourth-order valence-corrected chi connectivity index (χ4v) is 3.10. The van der Waals surface area contributed by atoms with Crippen LogP contribution in [-0.2, 0) is 14.3 Å². The van der Waals surface area contributed by atoms with E-state index in [1.807, 2.05) is 0 Å². The van der Waals surface area contributed by atoms with Crippen LogP contribution in [0.5, 0.6) is 0 Å². The Bertz CT molecular complexity index is 350. The molecule has 0 aromatic rings. The zero-order valence-electron chi connectivity index (χ0n) is 13.0. The maximum Gasteiger partial charge on any atom is 0.239 e. The lowest BCUT2D eigenvalue weighted by Crippen LogP contribution is -2.46. The third kappa shape index (κ3) is 5.28. The van der Waals surface area contributed by atoms with Crippen LogP contribution in [0.1, 0.15) is 32.6 Å². The Balaban J connectivity index is 1.67. The van der Waals surface area contributed by atoms with Gasteiger partial charge in [0.25, 0.3) is 0 Å². The summed E-state index contributed by atoms with van der Waals surface area (Å²) in [5, 5.41) is 2.92. The summed E-state index contributed by atoms with van der Waals surface area (Å²) in [6.07, 6.45) is 4.38. The van der Waals surface area contributed by atoms with Crippen LogP contribution in [0.25, 0.3) is 0 Å². The van der Waals surface area contributed by atoms with Crippen LogP contribution >= 0.6 is 0 Å². The van der Waals surface area contributed by atoms with Crippen molar-refractivity contribution in [2.45, 2.75) is 38.6 Å². The van der Waals surface area contributed by atoms with E-state index in [0.29, 0.717) is 6.54 Å². The highest BCUT2D eigenvalue weighted by Crippen LogP contribution is 2.23. The first-order valence-corrected chi connectivity index (χ1v) is 8.01. The van der Waals surface area contributed by atoms with Gasteiger partial charge in [-0.15, -0.1) is 0 Å². The van der Waals surface area contributed by atoms with E-state index in [4.69, 9.17) is 4.74 Å². The molecule has 0 atom stereocenters. The Morgan fingerprint density at radius 3 is 2.52 bits per heavy atom. The fourth-order valence-electron chi connectivity index (χ4n) is 3.10. The summed E-state index contributed by atoms with van der Waals surface area (Å²) >= 11 is 0. The van der Waals surface area contributed by atoms with Crippen molar-refractivity contribution in [1.82, 2.24) is 15.1 Å². The summed E-state index contributed by atoms with van der Waals surface area (Å²) in [5.74, 6) is -0.0458. The Labute approximate surface area is 126 Å². The molecule has 120 valence electrons. The molecule has 6 nitrogen and oxygen atoms in total. The third-order valence-corrected chi connectivity index (χ3v) is 4.34. The van der Waals surface area contributed by atoms with E-state index in [2.05, 4.69) is 10.2 Å². The van der Waals surface area contributed by atoms with Crippen molar-refractivity contribution in [3.8, 4) is 0 Å². The molecule has 1 aliphatic carbocycles. The monoisotopic (exact) mass is 297 g/mol. The number of carbonyl (C=O) groups excluding carboxylic acids is 2. The van der Waals surface area contributed by atoms with E-state index < -0.39 is 0 Å². The summed E-state index contributed by atoms with van der Waals surface area (Å²) < 4.78 is 5.29. The van der Waals surface area contributed by atoms with Crippen molar-refractivity contribution in [2.24, 2.45) is 0 Å². The average molecular weight is 297 g/mol. The van der Waals surface area contributed by atoms with Gasteiger partial charge in [0, 0.05) is 39.1 Å². The minimum absolute atomic E-state index is 0.00484. The standard InChI is InChI=1S/C15H27N3O3/c1-13(19)18(14-4-2-3-5-14)12-15(20)16-6-7-17-8-10-21-11-9-17/h14H,2-12H2,1H3,(H,16,20). The zero-order chi connectivity index (χ0) is 15.1. The van der Waals surface area contributed by atoms with E-state index in [9.17, 15) is 9.59 Å². The molecule has 2 rings (SSSR count). The van der Waals surface area contributed by atoms with Gasteiger partial charge < -0.3 is 15.0 Å². The van der Waals surface area contributed by atoms with Gasteiger partial charge in [0.15, 0.2) is 0 Å². The summed E-state index contributed by atoms with van der Waals surface area (Å²) in [5.41, 5.74) is 0. The number of rotatable bonds is 6. The first-order valence-electron chi connectivity index (χ1n) is 8.01. The molecule has 1 saturated carbocycles. The largest absolute Gasteiger partial charge is 0.379 e. The molecular formula is C15H27N3O3. The quantitative estimate of drug-likeness (QED) is 0.762. The van der Waals surface area contributed by atoms with Gasteiger partial charge in [0.1, 0.15) is 0 Å². The van der Waals surface area contributed by atoms with Crippen LogP contribution in [0, 0.1) is 0 Å². The molecule has 0 spiro atoms. The predicted molar refractivity (Wildman–Crippen MR) is 79.9 cm³/mol. The summed E-state index contributed by atoms with van der Waals surface area (Å²) in [4.78, 5) is 27.7. The molecule has 2 aliphatic rings. The molecule has 0 aromatic carbocycles. The van der Waals surface area contributed by atoms with Gasteiger partial charge >= 0.3 is 0 Å². The number of ether oxygens (including phenoxy) is 1. The molecular weight excluding hydrogens is 270 g/mol. The Hall–Kier alpha value is -1.14. The molecule has 0 aromatic heterocycles. The Kier molecular flexibility index (Phi) is 6.45. The summed E-state index contributed by atoms with van der Waals surface area (Å²) in [6, 6.07) is 0.257. The molecule has 2 amide bonds. The Morgan fingerprint density at radius 1 is 1.24 bits per heavy atom. The van der Waals surface area contributed by atoms with Gasteiger partial charge in [-0.05, 0) is 12.8 Å². The van der Waals surface area contributed by atoms with Crippen LogP contribution in [0.4, 0.5) is 0 Å². The van der Waals surface area contributed by atoms with E-state index >= 15 is 0 Å². The minimum atomic E-state index is -0.0506. The number of nitrogens with zero attached hydrogens (tertiary/aromatic N) is 2. The van der Waals surface area contributed by atoms with Crippen molar-refractivity contribution in [2.75, 3.05) is 45.9 Å². The number of hydrogen-bond acceptors (Lipinski definition) is 4. The molecule has 21 heavy (non-hydrogen) atoms. The normalized spacial score (nSPS) is 20.4. The highest BCUT2D eigenvalue weighted by Gasteiger charge is 2.26. The average Bonchev–Trinajstić information content (AvgIpc) is 2.99. The van der Waals surface area contributed by atoms with E-state index in [-0.39, 0.29) is 24.4 Å². The lowest BCUT2D eigenvalue weighted by atomic mass is 10.2. The highest BCUT2D eigenvalue weighted by atomic mass is 16.5. The zero-order valence-corrected chi connectivity index (χ0v) is 13.0. The van der Waals surface area contributed by atoms with Crippen LogP contribution in [0.15, 0.2) is 0 Å². The second-order valence-electron chi connectivity index (χ2n) is 5.89. The molecule has 1 heterocycles. The van der Waals surface area contributed by atoms with Gasteiger partial charge in [0.2, 0.25) is 11.8 Å². The number of carbonyl (C=O) groups is 2. The van der Waals surface area contributed by atoms with Gasteiger partial charge in [-0.3, -0.25) is 14.5 Å². The van der Waals surface area contributed by atoms with Gasteiger partial charge in [-0.2, -0.15) is 0 Å². The molecule has 1 aliphatic heterocycles. The third-order valence-electron chi connectivity index (χ3n) is 4.34. The number of morpholine rings is 1. The smallest absolute Gasteiger partial charge is 0.239 e. The number of amides is 2.